The summed E-state index contributed by atoms with van der Waals surface area (Å²) in [6.45, 7) is 4.83. The molecule has 0 unspecified atom stereocenters. The first-order valence-corrected chi connectivity index (χ1v) is 10.0. The number of aliphatic hydroxyl groups is 1. The van der Waals surface area contributed by atoms with Gasteiger partial charge in [0.1, 0.15) is 0 Å². The highest BCUT2D eigenvalue weighted by molar-refractivity contribution is 5.76. The van der Waals surface area contributed by atoms with Crippen molar-refractivity contribution in [3.8, 4) is 0 Å². The fraction of sp³-hybridized carbons (Fsp3) is 0.667. The Hall–Kier alpha value is -1.43. The Kier molecular flexibility index (Phi) is 7.47. The molecule has 0 saturated carbocycles. The molecule has 144 valence electrons. The molecule has 26 heavy (non-hydrogen) atoms. The van der Waals surface area contributed by atoms with Gasteiger partial charge in [-0.2, -0.15) is 0 Å². The Morgan fingerprint density at radius 3 is 2.62 bits per heavy atom. The van der Waals surface area contributed by atoms with Crippen LogP contribution in [0.3, 0.4) is 0 Å². The van der Waals surface area contributed by atoms with E-state index in [0.29, 0.717) is 25.7 Å². The molecule has 2 saturated heterocycles. The SMILES string of the molecule is O=C(CCCOCc1ccccc1)N1CCC(N2CCC[C@H](O)C2)CC1. The van der Waals surface area contributed by atoms with Crippen molar-refractivity contribution in [1.82, 2.24) is 9.80 Å². The van der Waals surface area contributed by atoms with Gasteiger partial charge in [0.05, 0.1) is 12.7 Å². The molecule has 1 N–H and O–H groups in total. The molecule has 2 aliphatic rings. The van der Waals surface area contributed by atoms with Crippen LogP contribution in [0.2, 0.25) is 0 Å². The number of hydrogen-bond donors (Lipinski definition) is 1. The van der Waals surface area contributed by atoms with Gasteiger partial charge in [0.2, 0.25) is 5.91 Å². The maximum absolute atomic E-state index is 12.4. The molecule has 5 nitrogen and oxygen atoms in total. The van der Waals surface area contributed by atoms with E-state index in [9.17, 15) is 9.90 Å². The highest BCUT2D eigenvalue weighted by atomic mass is 16.5. The maximum atomic E-state index is 12.4. The Labute approximate surface area is 156 Å². The van der Waals surface area contributed by atoms with E-state index < -0.39 is 0 Å². The zero-order valence-corrected chi connectivity index (χ0v) is 15.7. The molecule has 1 atom stereocenters. The Morgan fingerprint density at radius 2 is 1.88 bits per heavy atom. The second kappa shape index (κ2) is 10.0. The molecule has 1 amide bonds. The van der Waals surface area contributed by atoms with Crippen molar-refractivity contribution in [2.24, 2.45) is 0 Å². The van der Waals surface area contributed by atoms with E-state index in [1.165, 1.54) is 5.56 Å². The second-order valence-electron chi connectivity index (χ2n) is 7.54. The molecule has 2 fully saturated rings. The molecule has 1 aromatic rings. The van der Waals surface area contributed by atoms with Crippen LogP contribution in [0, 0.1) is 0 Å². The lowest BCUT2D eigenvalue weighted by Gasteiger charge is -2.41. The third kappa shape index (κ3) is 5.79. The number of benzene rings is 1. The topological polar surface area (TPSA) is 53.0 Å². The number of carbonyl (C=O) groups excluding carboxylic acids is 1. The molecule has 0 spiro atoms. The number of aliphatic hydroxyl groups excluding tert-OH is 1. The molecular weight excluding hydrogens is 328 g/mol. The van der Waals surface area contributed by atoms with Crippen molar-refractivity contribution in [3.63, 3.8) is 0 Å². The summed E-state index contributed by atoms with van der Waals surface area (Å²) in [6.07, 6.45) is 5.26. The van der Waals surface area contributed by atoms with Crippen LogP contribution < -0.4 is 0 Å². The van der Waals surface area contributed by atoms with Crippen LogP contribution in [0.25, 0.3) is 0 Å². The summed E-state index contributed by atoms with van der Waals surface area (Å²) < 4.78 is 5.66. The number of amides is 1. The third-order valence-corrected chi connectivity index (χ3v) is 5.55. The monoisotopic (exact) mass is 360 g/mol. The van der Waals surface area contributed by atoms with E-state index in [1.54, 1.807) is 0 Å². The quantitative estimate of drug-likeness (QED) is 0.759. The van der Waals surface area contributed by atoms with Gasteiger partial charge < -0.3 is 14.7 Å². The van der Waals surface area contributed by atoms with Gasteiger partial charge >= 0.3 is 0 Å². The summed E-state index contributed by atoms with van der Waals surface area (Å²) in [7, 11) is 0. The largest absolute Gasteiger partial charge is 0.392 e. The molecule has 0 aliphatic carbocycles. The van der Waals surface area contributed by atoms with Crippen LogP contribution in [-0.2, 0) is 16.1 Å². The molecule has 0 radical (unpaired) electrons. The van der Waals surface area contributed by atoms with Crippen LogP contribution in [0.4, 0.5) is 0 Å². The fourth-order valence-electron chi connectivity index (χ4n) is 4.04. The molecule has 2 aliphatic heterocycles. The predicted molar refractivity (Wildman–Crippen MR) is 102 cm³/mol. The molecule has 2 heterocycles. The van der Waals surface area contributed by atoms with Gasteiger partial charge in [-0.25, -0.2) is 0 Å². The van der Waals surface area contributed by atoms with Gasteiger partial charge in [-0.1, -0.05) is 30.3 Å². The molecular formula is C21H32N2O3. The first-order chi connectivity index (χ1) is 12.7. The van der Waals surface area contributed by atoms with E-state index in [0.717, 1.165) is 58.3 Å². The summed E-state index contributed by atoms with van der Waals surface area (Å²) in [4.78, 5) is 16.8. The average molecular weight is 360 g/mol. The first kappa shape index (κ1) is 19.3. The summed E-state index contributed by atoms with van der Waals surface area (Å²) in [6, 6.07) is 10.7. The van der Waals surface area contributed by atoms with E-state index in [2.05, 4.69) is 17.0 Å². The van der Waals surface area contributed by atoms with Crippen molar-refractivity contribution in [2.45, 2.75) is 57.3 Å². The minimum absolute atomic E-state index is 0.167. The summed E-state index contributed by atoms with van der Waals surface area (Å²) in [5.74, 6) is 0.255. The van der Waals surface area contributed by atoms with Crippen LogP contribution >= 0.6 is 0 Å². The summed E-state index contributed by atoms with van der Waals surface area (Å²) >= 11 is 0. The Bertz CT molecular complexity index is 543. The molecule has 0 aromatic heterocycles. The van der Waals surface area contributed by atoms with Gasteiger partial charge in [-0.3, -0.25) is 9.69 Å². The highest BCUT2D eigenvalue weighted by Gasteiger charge is 2.29. The van der Waals surface area contributed by atoms with Gasteiger partial charge in [-0.15, -0.1) is 0 Å². The second-order valence-corrected chi connectivity index (χ2v) is 7.54. The number of β-amino-alcohol motifs (C(OH)–C–C–N with tert-alkyl or cyclic N) is 1. The number of piperidine rings is 2. The van der Waals surface area contributed by atoms with Crippen molar-refractivity contribution in [2.75, 3.05) is 32.8 Å². The van der Waals surface area contributed by atoms with Crippen molar-refractivity contribution >= 4 is 5.91 Å². The number of carbonyl (C=O) groups is 1. The lowest BCUT2D eigenvalue weighted by atomic mass is 9.98. The third-order valence-electron chi connectivity index (χ3n) is 5.55. The maximum Gasteiger partial charge on any atom is 0.222 e. The van der Waals surface area contributed by atoms with E-state index >= 15 is 0 Å². The minimum Gasteiger partial charge on any atom is -0.392 e. The Morgan fingerprint density at radius 1 is 1.12 bits per heavy atom. The molecule has 0 bridgehead atoms. The lowest BCUT2D eigenvalue weighted by Crippen LogP contribution is -2.50. The van der Waals surface area contributed by atoms with Crippen LogP contribution in [0.5, 0.6) is 0 Å². The molecule has 3 rings (SSSR count). The molecule has 1 aromatic carbocycles. The van der Waals surface area contributed by atoms with Gasteiger partial charge in [0, 0.05) is 38.7 Å². The van der Waals surface area contributed by atoms with Crippen LogP contribution in [-0.4, -0.2) is 65.7 Å². The summed E-state index contributed by atoms with van der Waals surface area (Å²) in [5.41, 5.74) is 1.17. The highest BCUT2D eigenvalue weighted by Crippen LogP contribution is 2.21. The number of rotatable bonds is 7. The van der Waals surface area contributed by atoms with Gasteiger partial charge in [0.15, 0.2) is 0 Å². The zero-order chi connectivity index (χ0) is 18.2. The van der Waals surface area contributed by atoms with E-state index in [-0.39, 0.29) is 12.0 Å². The smallest absolute Gasteiger partial charge is 0.222 e. The lowest BCUT2D eigenvalue weighted by molar-refractivity contribution is -0.133. The van der Waals surface area contributed by atoms with E-state index in [1.807, 2.05) is 23.1 Å². The number of likely N-dealkylation sites (tertiary alicyclic amines) is 2. The zero-order valence-electron chi connectivity index (χ0n) is 15.7. The van der Waals surface area contributed by atoms with E-state index in [4.69, 9.17) is 4.74 Å². The van der Waals surface area contributed by atoms with Gasteiger partial charge in [0.25, 0.3) is 0 Å². The number of nitrogens with zero attached hydrogens (tertiary/aromatic N) is 2. The normalized spacial score (nSPS) is 22.5. The first-order valence-electron chi connectivity index (χ1n) is 10.0. The van der Waals surface area contributed by atoms with Crippen LogP contribution in [0.15, 0.2) is 30.3 Å². The van der Waals surface area contributed by atoms with Crippen molar-refractivity contribution in [1.29, 1.82) is 0 Å². The van der Waals surface area contributed by atoms with Gasteiger partial charge in [-0.05, 0) is 44.2 Å². The fourth-order valence-corrected chi connectivity index (χ4v) is 4.04. The van der Waals surface area contributed by atoms with Crippen LogP contribution in [0.1, 0.15) is 44.1 Å². The molecule has 5 heteroatoms. The van der Waals surface area contributed by atoms with Crippen molar-refractivity contribution in [3.05, 3.63) is 35.9 Å². The van der Waals surface area contributed by atoms with Crippen molar-refractivity contribution < 1.29 is 14.6 Å². The minimum atomic E-state index is -0.167. The summed E-state index contributed by atoms with van der Waals surface area (Å²) in [5, 5.41) is 9.85. The average Bonchev–Trinajstić information content (AvgIpc) is 2.68. The predicted octanol–water partition coefficient (Wildman–Crippen LogP) is 2.43. The Balaban J connectivity index is 1.29. The number of ether oxygens (including phenoxy) is 1. The standard InChI is InChI=1S/C21H32N2O3/c24-20-8-4-12-23(16-20)19-10-13-22(14-11-19)21(25)9-5-15-26-17-18-6-2-1-3-7-18/h1-3,6-7,19-20,24H,4-5,8-17H2/t20-/m0/s1. The number of hydrogen-bond acceptors (Lipinski definition) is 4.